The van der Waals surface area contributed by atoms with Gasteiger partial charge >= 0.3 is 0 Å². The highest BCUT2D eigenvalue weighted by Crippen LogP contribution is 2.70. The van der Waals surface area contributed by atoms with Crippen molar-refractivity contribution in [1.29, 1.82) is 0 Å². The number of carbonyl (C=O) groups excluding carboxylic acids is 1. The Morgan fingerprint density at radius 3 is 2.68 bits per heavy atom. The van der Waals surface area contributed by atoms with Crippen LogP contribution in [-0.2, 0) is 9.53 Å². The normalized spacial score (nSPS) is 39.1. The maximum atomic E-state index is 13.0. The molecular formula is C25H35NO2. The van der Waals surface area contributed by atoms with Gasteiger partial charge in [-0.2, -0.15) is 0 Å². The number of nitrogens with one attached hydrogen (secondary N) is 1. The first-order valence-corrected chi connectivity index (χ1v) is 11.5. The molecule has 3 nitrogen and oxygen atoms in total. The van der Waals surface area contributed by atoms with Crippen molar-refractivity contribution >= 4 is 5.91 Å². The van der Waals surface area contributed by atoms with Crippen LogP contribution in [0.3, 0.4) is 0 Å². The van der Waals surface area contributed by atoms with Crippen LogP contribution in [0, 0.1) is 28.6 Å². The van der Waals surface area contributed by atoms with Crippen LogP contribution >= 0.6 is 0 Å². The van der Waals surface area contributed by atoms with Crippen molar-refractivity contribution in [2.45, 2.75) is 77.4 Å². The predicted octanol–water partition coefficient (Wildman–Crippen LogP) is 5.27. The minimum absolute atomic E-state index is 0.181. The van der Waals surface area contributed by atoms with E-state index in [2.05, 4.69) is 49.5 Å². The van der Waals surface area contributed by atoms with Crippen molar-refractivity contribution in [1.82, 2.24) is 5.32 Å². The van der Waals surface area contributed by atoms with Crippen LogP contribution < -0.4 is 5.32 Å². The van der Waals surface area contributed by atoms with Gasteiger partial charge in [0, 0.05) is 19.1 Å². The molecule has 1 aromatic rings. The second-order valence-electron chi connectivity index (χ2n) is 10.6. The molecule has 3 saturated carbocycles. The monoisotopic (exact) mass is 381 g/mol. The molecule has 28 heavy (non-hydrogen) atoms. The fourth-order valence-electron chi connectivity index (χ4n) is 7.46. The second-order valence-corrected chi connectivity index (χ2v) is 10.6. The second kappa shape index (κ2) is 6.86. The largest absolute Gasteiger partial charge is 0.373 e. The summed E-state index contributed by atoms with van der Waals surface area (Å²) in [6.45, 7) is 5.61. The molecule has 4 fully saturated rings. The van der Waals surface area contributed by atoms with Crippen LogP contribution in [0.15, 0.2) is 30.3 Å². The van der Waals surface area contributed by atoms with Gasteiger partial charge in [-0.05, 0) is 66.3 Å². The fourth-order valence-corrected chi connectivity index (χ4v) is 7.46. The number of amides is 1. The van der Waals surface area contributed by atoms with Gasteiger partial charge in [0.05, 0.1) is 6.10 Å². The molecule has 2 bridgehead atoms. The van der Waals surface area contributed by atoms with Crippen molar-refractivity contribution in [2.75, 3.05) is 6.61 Å². The van der Waals surface area contributed by atoms with Gasteiger partial charge in [-0.25, -0.2) is 0 Å². The molecule has 5 rings (SSSR count). The molecule has 5 atom stereocenters. The first-order valence-electron chi connectivity index (χ1n) is 11.5. The summed E-state index contributed by atoms with van der Waals surface area (Å²) in [6.07, 6.45) is 9.59. The molecule has 1 heterocycles. The van der Waals surface area contributed by atoms with Crippen LogP contribution in [0.5, 0.6) is 0 Å². The Morgan fingerprint density at radius 1 is 1.18 bits per heavy atom. The number of benzene rings is 1. The molecule has 3 heteroatoms. The highest BCUT2D eigenvalue weighted by atomic mass is 16.5. The third kappa shape index (κ3) is 2.84. The molecule has 1 aromatic carbocycles. The Kier molecular flexibility index (Phi) is 4.58. The number of carbonyl (C=O) groups is 1. The van der Waals surface area contributed by atoms with E-state index in [1.807, 2.05) is 0 Å². The van der Waals surface area contributed by atoms with E-state index < -0.39 is 0 Å². The van der Waals surface area contributed by atoms with Gasteiger partial charge in [0.25, 0.3) is 0 Å². The third-order valence-corrected chi connectivity index (χ3v) is 8.89. The number of ether oxygens (including phenoxy) is 1. The standard InChI is InChI=1S/C25H35NO2/c1-24(2)19-15-20-22(18-10-4-3-5-11-18)28-13-12-25(20,16-19)23(24)26-21(27)14-17-8-6-7-9-17/h3-5,10-11,17,19-20,22-23H,6-9,12-16H2,1-2H3,(H,26,27)/t19-,20-,22-,23+,25-/m1/s1. The van der Waals surface area contributed by atoms with Gasteiger partial charge in [0.15, 0.2) is 0 Å². The van der Waals surface area contributed by atoms with Crippen LogP contribution in [0.1, 0.15) is 76.9 Å². The van der Waals surface area contributed by atoms with E-state index in [1.165, 1.54) is 44.1 Å². The summed E-state index contributed by atoms with van der Waals surface area (Å²) in [6, 6.07) is 11.0. The average Bonchev–Trinajstić information content (AvgIpc) is 3.37. The van der Waals surface area contributed by atoms with E-state index >= 15 is 0 Å². The minimum atomic E-state index is 0.181. The van der Waals surface area contributed by atoms with Crippen molar-refractivity contribution < 1.29 is 9.53 Å². The number of rotatable bonds is 4. The van der Waals surface area contributed by atoms with E-state index in [1.54, 1.807) is 0 Å². The predicted molar refractivity (Wildman–Crippen MR) is 111 cm³/mol. The van der Waals surface area contributed by atoms with Gasteiger partial charge < -0.3 is 10.1 Å². The van der Waals surface area contributed by atoms with Crippen molar-refractivity contribution in [3.8, 4) is 0 Å². The first-order chi connectivity index (χ1) is 13.5. The molecule has 1 aliphatic heterocycles. The summed E-state index contributed by atoms with van der Waals surface area (Å²) in [7, 11) is 0. The fraction of sp³-hybridized carbons (Fsp3) is 0.720. The van der Waals surface area contributed by atoms with Crippen molar-refractivity contribution in [2.24, 2.45) is 28.6 Å². The molecule has 1 amide bonds. The lowest BCUT2D eigenvalue weighted by atomic mass is 9.59. The highest BCUT2D eigenvalue weighted by molar-refractivity contribution is 5.77. The topological polar surface area (TPSA) is 38.3 Å². The van der Waals surface area contributed by atoms with Gasteiger partial charge in [-0.15, -0.1) is 0 Å². The summed E-state index contributed by atoms with van der Waals surface area (Å²) in [5, 5.41) is 3.59. The third-order valence-electron chi connectivity index (χ3n) is 8.89. The zero-order chi connectivity index (χ0) is 19.4. The van der Waals surface area contributed by atoms with Crippen LogP contribution in [0.4, 0.5) is 0 Å². The van der Waals surface area contributed by atoms with E-state index in [0.717, 1.165) is 19.4 Å². The minimum Gasteiger partial charge on any atom is -0.373 e. The Hall–Kier alpha value is -1.35. The van der Waals surface area contributed by atoms with Crippen LogP contribution in [0.25, 0.3) is 0 Å². The van der Waals surface area contributed by atoms with E-state index in [-0.39, 0.29) is 23.0 Å². The quantitative estimate of drug-likeness (QED) is 0.772. The summed E-state index contributed by atoms with van der Waals surface area (Å²) in [5.41, 5.74) is 1.70. The van der Waals surface area contributed by atoms with Crippen LogP contribution in [0.2, 0.25) is 0 Å². The van der Waals surface area contributed by atoms with Crippen LogP contribution in [-0.4, -0.2) is 18.6 Å². The Balaban J connectivity index is 1.40. The van der Waals surface area contributed by atoms with Crippen molar-refractivity contribution in [3.63, 3.8) is 0 Å². The first kappa shape index (κ1) is 18.7. The summed E-state index contributed by atoms with van der Waals surface area (Å²) >= 11 is 0. The van der Waals surface area contributed by atoms with E-state index in [9.17, 15) is 4.79 Å². The number of hydrogen-bond donors (Lipinski definition) is 1. The molecule has 1 N–H and O–H groups in total. The SMILES string of the molecule is CC1(C)[C@@H]2C[C@@H]3[C@@H](c4ccccc4)OCC[C@]3(C2)[C@H]1NC(=O)CC1CCCC1. The number of hydrogen-bond acceptors (Lipinski definition) is 2. The molecule has 0 aromatic heterocycles. The molecule has 0 unspecified atom stereocenters. The Bertz CT molecular complexity index is 723. The molecule has 0 radical (unpaired) electrons. The molecule has 4 aliphatic rings. The summed E-state index contributed by atoms with van der Waals surface area (Å²) in [5.74, 6) is 2.12. The van der Waals surface area contributed by atoms with E-state index in [0.29, 0.717) is 23.7 Å². The lowest BCUT2D eigenvalue weighted by molar-refractivity contribution is -0.137. The van der Waals surface area contributed by atoms with Gasteiger partial charge in [0.1, 0.15) is 0 Å². The summed E-state index contributed by atoms with van der Waals surface area (Å²) in [4.78, 5) is 13.0. The van der Waals surface area contributed by atoms with E-state index in [4.69, 9.17) is 4.74 Å². The molecule has 1 saturated heterocycles. The molecular weight excluding hydrogens is 346 g/mol. The maximum absolute atomic E-state index is 13.0. The summed E-state index contributed by atoms with van der Waals surface area (Å²) < 4.78 is 6.34. The van der Waals surface area contributed by atoms with Gasteiger partial charge in [-0.3, -0.25) is 4.79 Å². The molecule has 152 valence electrons. The number of fused-ring (bicyclic) bond motifs is 1. The zero-order valence-corrected chi connectivity index (χ0v) is 17.5. The maximum Gasteiger partial charge on any atom is 0.220 e. The lowest BCUT2D eigenvalue weighted by Crippen LogP contribution is -2.59. The zero-order valence-electron chi connectivity index (χ0n) is 17.5. The molecule has 3 aliphatic carbocycles. The Morgan fingerprint density at radius 2 is 1.93 bits per heavy atom. The Labute approximate surface area is 169 Å². The van der Waals surface area contributed by atoms with Crippen molar-refractivity contribution in [3.05, 3.63) is 35.9 Å². The van der Waals surface area contributed by atoms with Gasteiger partial charge in [0.2, 0.25) is 5.91 Å². The smallest absolute Gasteiger partial charge is 0.220 e. The lowest BCUT2D eigenvalue weighted by Gasteiger charge is -2.53. The highest BCUT2D eigenvalue weighted by Gasteiger charge is 2.68. The van der Waals surface area contributed by atoms with Gasteiger partial charge in [-0.1, -0.05) is 57.0 Å². The molecule has 1 spiro atoms. The average molecular weight is 382 g/mol.